The molecule has 0 saturated carbocycles. The molecule has 162 valence electrons. The molecular weight excluding hydrogens is 402 g/mol. The van der Waals surface area contributed by atoms with Crippen molar-refractivity contribution in [2.24, 2.45) is 0 Å². The van der Waals surface area contributed by atoms with Crippen LogP contribution in [0.3, 0.4) is 0 Å². The number of aromatic nitrogens is 2. The maximum Gasteiger partial charge on any atom is 0.342 e. The second kappa shape index (κ2) is 9.38. The number of fused-ring (bicyclic) bond motifs is 1. The maximum atomic E-state index is 12.2. The molecule has 0 aliphatic rings. The molecule has 31 heavy (non-hydrogen) atoms. The van der Waals surface area contributed by atoms with Crippen molar-refractivity contribution < 1.29 is 28.3 Å². The molecule has 0 radical (unpaired) electrons. The lowest BCUT2D eigenvalue weighted by Gasteiger charge is -2.06. The summed E-state index contributed by atoms with van der Waals surface area (Å²) in [5, 5.41) is 0.259. The quantitative estimate of drug-likeness (QED) is 0.426. The summed E-state index contributed by atoms with van der Waals surface area (Å²) in [6.07, 6.45) is -0.0402. The van der Waals surface area contributed by atoms with Crippen LogP contribution in [0.15, 0.2) is 28.7 Å². The number of nitrogen functional groups attached to an aromatic ring is 1. The van der Waals surface area contributed by atoms with Crippen LogP contribution in [-0.2, 0) is 20.9 Å². The van der Waals surface area contributed by atoms with Crippen molar-refractivity contribution in [1.82, 2.24) is 9.97 Å². The van der Waals surface area contributed by atoms with E-state index in [1.165, 1.54) is 0 Å². The molecule has 0 bridgehead atoms. The summed E-state index contributed by atoms with van der Waals surface area (Å²) in [4.78, 5) is 44.6. The Labute approximate surface area is 178 Å². The van der Waals surface area contributed by atoms with Crippen LogP contribution < -0.4 is 5.73 Å². The number of ketones is 1. The second-order valence-corrected chi connectivity index (χ2v) is 6.91. The number of hydrogen-bond donors (Lipinski definition) is 1. The van der Waals surface area contributed by atoms with Gasteiger partial charge in [-0.3, -0.25) is 9.59 Å². The molecule has 0 fully saturated rings. The van der Waals surface area contributed by atoms with E-state index < -0.39 is 11.9 Å². The van der Waals surface area contributed by atoms with E-state index >= 15 is 0 Å². The van der Waals surface area contributed by atoms with Crippen molar-refractivity contribution >= 4 is 34.6 Å². The van der Waals surface area contributed by atoms with E-state index in [0.29, 0.717) is 11.3 Å². The van der Waals surface area contributed by atoms with Crippen molar-refractivity contribution in [3.63, 3.8) is 0 Å². The van der Waals surface area contributed by atoms with E-state index in [1.54, 1.807) is 26.0 Å². The third-order valence-electron chi connectivity index (χ3n) is 4.57. The number of hydrogen-bond acceptors (Lipinski definition) is 9. The number of aryl methyl sites for hydroxylation is 2. The highest BCUT2D eigenvalue weighted by Gasteiger charge is 2.24. The normalized spacial score (nSPS) is 10.8. The number of Topliss-reactive ketones (excluding diaryl/α,β-unsaturated/α-hetero) is 1. The zero-order valence-electron chi connectivity index (χ0n) is 17.6. The van der Waals surface area contributed by atoms with Gasteiger partial charge in [-0.15, -0.1) is 0 Å². The van der Waals surface area contributed by atoms with Crippen LogP contribution in [0.25, 0.3) is 11.1 Å². The summed E-state index contributed by atoms with van der Waals surface area (Å²) < 4.78 is 15.7. The first-order chi connectivity index (χ1) is 14.8. The van der Waals surface area contributed by atoms with Crippen LogP contribution in [0.1, 0.15) is 57.6 Å². The predicted molar refractivity (Wildman–Crippen MR) is 111 cm³/mol. The van der Waals surface area contributed by atoms with E-state index in [-0.39, 0.29) is 60.1 Å². The SMILES string of the molecule is CCOC(=O)c1c(C)oc2nc(COC(=O)CCC(=O)c3ccc(C)cc3)nc(N)c12. The van der Waals surface area contributed by atoms with Crippen molar-refractivity contribution in [2.45, 2.75) is 40.2 Å². The first-order valence-corrected chi connectivity index (χ1v) is 9.78. The monoisotopic (exact) mass is 425 g/mol. The molecule has 0 unspecified atom stereocenters. The van der Waals surface area contributed by atoms with Crippen LogP contribution in [0.5, 0.6) is 0 Å². The minimum atomic E-state index is -0.577. The molecule has 0 aliphatic carbocycles. The highest BCUT2D eigenvalue weighted by Crippen LogP contribution is 2.29. The average molecular weight is 425 g/mol. The van der Waals surface area contributed by atoms with Crippen LogP contribution in [-0.4, -0.2) is 34.3 Å². The smallest absolute Gasteiger partial charge is 0.342 e. The molecular formula is C22H23N3O6. The van der Waals surface area contributed by atoms with Gasteiger partial charge >= 0.3 is 11.9 Å². The molecule has 0 atom stereocenters. The zero-order chi connectivity index (χ0) is 22.5. The number of carbonyl (C=O) groups is 3. The van der Waals surface area contributed by atoms with Crippen molar-refractivity contribution in [3.05, 3.63) is 52.5 Å². The summed E-state index contributed by atoms with van der Waals surface area (Å²) in [6, 6.07) is 7.13. The molecule has 1 aromatic carbocycles. The molecule has 3 aromatic rings. The van der Waals surface area contributed by atoms with Crippen LogP contribution >= 0.6 is 0 Å². The summed E-state index contributed by atoms with van der Waals surface area (Å²) >= 11 is 0. The maximum absolute atomic E-state index is 12.2. The Bertz CT molecular complexity index is 1130. The number of rotatable bonds is 8. The van der Waals surface area contributed by atoms with Crippen molar-refractivity contribution in [2.75, 3.05) is 12.3 Å². The van der Waals surface area contributed by atoms with Gasteiger partial charge in [-0.1, -0.05) is 29.8 Å². The molecule has 0 aliphatic heterocycles. The Balaban J connectivity index is 1.63. The molecule has 9 heteroatoms. The number of nitrogens with two attached hydrogens (primary N) is 1. The standard InChI is InChI=1S/C22H23N3O6/c1-4-29-22(28)18-13(3)31-21-19(18)20(23)24-16(25-21)11-30-17(27)10-9-15(26)14-7-5-12(2)6-8-14/h5-8H,4,9-11H2,1-3H3,(H2,23,24,25). The minimum absolute atomic E-state index is 0.0190. The van der Waals surface area contributed by atoms with Crippen molar-refractivity contribution in [3.8, 4) is 0 Å². The first kappa shape index (κ1) is 21.9. The second-order valence-electron chi connectivity index (χ2n) is 6.91. The number of benzene rings is 1. The Hall–Kier alpha value is -3.75. The van der Waals surface area contributed by atoms with E-state index in [0.717, 1.165) is 5.56 Å². The van der Waals surface area contributed by atoms with Gasteiger partial charge in [0.2, 0.25) is 5.71 Å². The number of furan rings is 1. The van der Waals surface area contributed by atoms with Gasteiger partial charge in [-0.05, 0) is 20.8 Å². The summed E-state index contributed by atoms with van der Waals surface area (Å²) in [6.45, 7) is 5.17. The van der Waals surface area contributed by atoms with Crippen LogP contribution in [0.4, 0.5) is 5.82 Å². The van der Waals surface area contributed by atoms with E-state index in [1.807, 2.05) is 19.1 Å². The Morgan fingerprint density at radius 3 is 2.42 bits per heavy atom. The van der Waals surface area contributed by atoms with Gasteiger partial charge in [0.15, 0.2) is 18.2 Å². The first-order valence-electron chi connectivity index (χ1n) is 9.78. The molecule has 2 aromatic heterocycles. The van der Waals surface area contributed by atoms with E-state index in [4.69, 9.17) is 19.6 Å². The highest BCUT2D eigenvalue weighted by molar-refractivity contribution is 6.07. The summed E-state index contributed by atoms with van der Waals surface area (Å²) in [7, 11) is 0. The Morgan fingerprint density at radius 2 is 1.74 bits per heavy atom. The lowest BCUT2D eigenvalue weighted by molar-refractivity contribution is -0.145. The number of anilines is 1. The molecule has 0 amide bonds. The number of esters is 2. The molecule has 0 spiro atoms. The van der Waals surface area contributed by atoms with Gasteiger partial charge in [0.05, 0.1) is 18.4 Å². The molecule has 3 rings (SSSR count). The van der Waals surface area contributed by atoms with E-state index in [9.17, 15) is 14.4 Å². The number of carbonyl (C=O) groups excluding carboxylic acids is 3. The van der Waals surface area contributed by atoms with Crippen LogP contribution in [0, 0.1) is 13.8 Å². The fraction of sp³-hybridized carbons (Fsp3) is 0.318. The average Bonchev–Trinajstić information content (AvgIpc) is 3.07. The van der Waals surface area contributed by atoms with Crippen molar-refractivity contribution in [1.29, 1.82) is 0 Å². The minimum Gasteiger partial charge on any atom is -0.462 e. The largest absolute Gasteiger partial charge is 0.462 e. The third kappa shape index (κ3) is 5.06. The topological polar surface area (TPSA) is 135 Å². The van der Waals surface area contributed by atoms with Gasteiger partial charge in [0, 0.05) is 12.0 Å². The zero-order valence-corrected chi connectivity index (χ0v) is 17.6. The van der Waals surface area contributed by atoms with Gasteiger partial charge < -0.3 is 19.6 Å². The molecule has 0 saturated heterocycles. The Kier molecular flexibility index (Phi) is 6.64. The molecule has 2 N–H and O–H groups in total. The highest BCUT2D eigenvalue weighted by atomic mass is 16.5. The lowest BCUT2D eigenvalue weighted by Crippen LogP contribution is -2.11. The van der Waals surface area contributed by atoms with Crippen LogP contribution in [0.2, 0.25) is 0 Å². The third-order valence-corrected chi connectivity index (χ3v) is 4.57. The van der Waals surface area contributed by atoms with Gasteiger partial charge in [0.1, 0.15) is 17.1 Å². The van der Waals surface area contributed by atoms with E-state index in [2.05, 4.69) is 9.97 Å². The number of nitrogens with zero attached hydrogens (tertiary/aromatic N) is 2. The fourth-order valence-corrected chi connectivity index (χ4v) is 3.01. The van der Waals surface area contributed by atoms with Gasteiger partial charge in [-0.2, -0.15) is 4.98 Å². The number of ether oxygens (including phenoxy) is 2. The summed E-state index contributed by atoms with van der Waals surface area (Å²) in [5.74, 6) is -0.843. The summed E-state index contributed by atoms with van der Waals surface area (Å²) in [5.41, 5.74) is 7.86. The Morgan fingerprint density at radius 1 is 1.03 bits per heavy atom. The van der Waals surface area contributed by atoms with Gasteiger partial charge in [-0.25, -0.2) is 9.78 Å². The molecule has 9 nitrogen and oxygen atoms in total. The molecule has 2 heterocycles. The van der Waals surface area contributed by atoms with Gasteiger partial charge in [0.25, 0.3) is 0 Å². The predicted octanol–water partition coefficient (Wildman–Crippen LogP) is 3.30. The fourth-order valence-electron chi connectivity index (χ4n) is 3.01. The lowest BCUT2D eigenvalue weighted by atomic mass is 10.1.